The minimum atomic E-state index is -1.04. The maximum atomic E-state index is 13.2. The third-order valence-corrected chi connectivity index (χ3v) is 3.47. The number of carboxylic acid groups (broad SMARTS) is 1. The highest BCUT2D eigenvalue weighted by atomic mass is 19.1. The van der Waals surface area contributed by atoms with Crippen molar-refractivity contribution in [2.45, 2.75) is 6.54 Å². The van der Waals surface area contributed by atoms with Gasteiger partial charge in [-0.3, -0.25) is 9.59 Å². The number of anilines is 1. The first-order valence-electron chi connectivity index (χ1n) is 6.45. The number of ketones is 1. The average Bonchev–Trinajstić information content (AvgIpc) is 2.73. The molecule has 1 aliphatic rings. The Balaban J connectivity index is 1.91. The molecule has 0 saturated heterocycles. The molecule has 3 rings (SSSR count). The lowest BCUT2D eigenvalue weighted by Gasteiger charge is -2.16. The van der Waals surface area contributed by atoms with Crippen LogP contribution in [0.2, 0.25) is 0 Å². The normalized spacial score (nSPS) is 13.4. The summed E-state index contributed by atoms with van der Waals surface area (Å²) in [5.74, 6) is -3.08. The zero-order chi connectivity index (χ0) is 15.9. The molecule has 0 aromatic heterocycles. The lowest BCUT2D eigenvalue weighted by atomic mass is 10.1. The van der Waals surface area contributed by atoms with Crippen LogP contribution in [0.15, 0.2) is 42.5 Å². The minimum Gasteiger partial charge on any atom is -0.478 e. The molecule has 0 bridgehead atoms. The number of rotatable bonds is 3. The van der Waals surface area contributed by atoms with E-state index in [4.69, 9.17) is 5.11 Å². The van der Waals surface area contributed by atoms with Crippen molar-refractivity contribution in [3.05, 3.63) is 65.0 Å². The molecular weight excluding hydrogens is 289 g/mol. The molecule has 5 nitrogen and oxygen atoms in total. The SMILES string of the molecule is O=C(O)c1ccc(CN2C(=O)C(=O)c3cc(F)ccc32)cc1. The molecule has 6 heteroatoms. The van der Waals surface area contributed by atoms with Gasteiger partial charge in [0, 0.05) is 0 Å². The number of amides is 1. The molecule has 0 atom stereocenters. The predicted octanol–water partition coefficient (Wildman–Crippen LogP) is 2.25. The van der Waals surface area contributed by atoms with Crippen LogP contribution in [0, 0.1) is 5.82 Å². The van der Waals surface area contributed by atoms with E-state index in [1.54, 1.807) is 12.1 Å². The van der Waals surface area contributed by atoms with Gasteiger partial charge in [0.05, 0.1) is 23.4 Å². The van der Waals surface area contributed by atoms with Gasteiger partial charge in [0.25, 0.3) is 11.7 Å². The van der Waals surface area contributed by atoms with Crippen molar-refractivity contribution in [1.82, 2.24) is 0 Å². The number of nitrogens with zero attached hydrogens (tertiary/aromatic N) is 1. The van der Waals surface area contributed by atoms with E-state index in [1.165, 1.54) is 29.2 Å². The summed E-state index contributed by atoms with van der Waals surface area (Å²) < 4.78 is 13.2. The number of aromatic carboxylic acids is 1. The number of halogens is 1. The minimum absolute atomic E-state index is 0.0483. The monoisotopic (exact) mass is 299 g/mol. The molecule has 2 aromatic carbocycles. The van der Waals surface area contributed by atoms with Crippen LogP contribution in [0.4, 0.5) is 10.1 Å². The second-order valence-electron chi connectivity index (χ2n) is 4.88. The Bertz CT molecular complexity index is 798. The van der Waals surface area contributed by atoms with E-state index < -0.39 is 23.5 Å². The Labute approximate surface area is 124 Å². The van der Waals surface area contributed by atoms with Gasteiger partial charge in [0.15, 0.2) is 0 Å². The van der Waals surface area contributed by atoms with E-state index >= 15 is 0 Å². The quantitative estimate of drug-likeness (QED) is 0.882. The molecule has 0 saturated carbocycles. The van der Waals surface area contributed by atoms with Crippen LogP contribution in [0.3, 0.4) is 0 Å². The van der Waals surface area contributed by atoms with Gasteiger partial charge in [0.2, 0.25) is 0 Å². The zero-order valence-electron chi connectivity index (χ0n) is 11.2. The smallest absolute Gasteiger partial charge is 0.335 e. The Hall–Kier alpha value is -3.02. The first-order valence-corrected chi connectivity index (χ1v) is 6.45. The summed E-state index contributed by atoms with van der Waals surface area (Å²) in [4.78, 5) is 35.9. The number of fused-ring (bicyclic) bond motifs is 1. The van der Waals surface area contributed by atoms with E-state index in [0.717, 1.165) is 6.07 Å². The number of carbonyl (C=O) groups excluding carboxylic acids is 2. The number of hydrogen-bond acceptors (Lipinski definition) is 3. The van der Waals surface area contributed by atoms with Crippen molar-refractivity contribution >= 4 is 23.3 Å². The highest BCUT2D eigenvalue weighted by molar-refractivity contribution is 6.52. The fraction of sp³-hybridized carbons (Fsp3) is 0.0625. The molecule has 22 heavy (non-hydrogen) atoms. The van der Waals surface area contributed by atoms with E-state index in [2.05, 4.69) is 0 Å². The Morgan fingerprint density at radius 2 is 1.77 bits per heavy atom. The maximum Gasteiger partial charge on any atom is 0.335 e. The number of Topliss-reactive ketones (excluding diaryl/α,β-unsaturated/α-hetero) is 1. The molecule has 0 fully saturated rings. The van der Waals surface area contributed by atoms with Crippen LogP contribution in [-0.2, 0) is 11.3 Å². The zero-order valence-corrected chi connectivity index (χ0v) is 11.2. The number of benzene rings is 2. The number of carbonyl (C=O) groups is 3. The fourth-order valence-corrected chi connectivity index (χ4v) is 2.36. The highest BCUT2D eigenvalue weighted by Gasteiger charge is 2.35. The van der Waals surface area contributed by atoms with Crippen LogP contribution >= 0.6 is 0 Å². The molecule has 110 valence electrons. The van der Waals surface area contributed by atoms with Crippen LogP contribution in [-0.4, -0.2) is 22.8 Å². The van der Waals surface area contributed by atoms with Crippen LogP contribution in [0.25, 0.3) is 0 Å². The van der Waals surface area contributed by atoms with E-state index in [0.29, 0.717) is 11.3 Å². The Kier molecular flexibility index (Phi) is 3.21. The third-order valence-electron chi connectivity index (χ3n) is 3.47. The second kappa shape index (κ2) is 5.07. The summed E-state index contributed by atoms with van der Waals surface area (Å²) in [6.07, 6.45) is 0. The molecule has 1 aliphatic heterocycles. The molecule has 0 unspecified atom stereocenters. The number of hydrogen-bond donors (Lipinski definition) is 1. The van der Waals surface area contributed by atoms with E-state index in [9.17, 15) is 18.8 Å². The summed E-state index contributed by atoms with van der Waals surface area (Å²) in [6.45, 7) is 0.114. The molecule has 0 aliphatic carbocycles. The average molecular weight is 299 g/mol. The summed E-state index contributed by atoms with van der Waals surface area (Å²) in [5.41, 5.74) is 1.21. The summed E-state index contributed by atoms with van der Waals surface area (Å²) in [7, 11) is 0. The third kappa shape index (κ3) is 2.24. The molecule has 1 N–H and O–H groups in total. The Morgan fingerprint density at radius 3 is 2.41 bits per heavy atom. The van der Waals surface area contributed by atoms with Gasteiger partial charge < -0.3 is 10.0 Å². The van der Waals surface area contributed by atoms with E-state index in [1.807, 2.05) is 0 Å². The van der Waals surface area contributed by atoms with Crippen molar-refractivity contribution in [2.75, 3.05) is 4.90 Å². The first kappa shape index (κ1) is 13.9. The van der Waals surface area contributed by atoms with Crippen LogP contribution < -0.4 is 4.90 Å². The summed E-state index contributed by atoms with van der Waals surface area (Å²) >= 11 is 0. The molecule has 0 radical (unpaired) electrons. The highest BCUT2D eigenvalue weighted by Crippen LogP contribution is 2.30. The molecule has 1 heterocycles. The maximum absolute atomic E-state index is 13.2. The molecule has 1 amide bonds. The van der Waals surface area contributed by atoms with Gasteiger partial charge >= 0.3 is 5.97 Å². The van der Waals surface area contributed by atoms with Gasteiger partial charge in [-0.05, 0) is 35.9 Å². The van der Waals surface area contributed by atoms with Crippen molar-refractivity contribution in [1.29, 1.82) is 0 Å². The lowest BCUT2D eigenvalue weighted by molar-refractivity contribution is -0.114. The molecule has 0 spiro atoms. The predicted molar refractivity (Wildman–Crippen MR) is 75.3 cm³/mol. The molecular formula is C16H10FNO4. The largest absolute Gasteiger partial charge is 0.478 e. The van der Waals surface area contributed by atoms with Gasteiger partial charge in [-0.15, -0.1) is 0 Å². The Morgan fingerprint density at radius 1 is 1.09 bits per heavy atom. The first-order chi connectivity index (χ1) is 10.5. The summed E-state index contributed by atoms with van der Waals surface area (Å²) in [5, 5.41) is 8.85. The van der Waals surface area contributed by atoms with E-state index in [-0.39, 0.29) is 17.7 Å². The van der Waals surface area contributed by atoms with Crippen LogP contribution in [0.1, 0.15) is 26.3 Å². The lowest BCUT2D eigenvalue weighted by Crippen LogP contribution is -2.29. The standard InChI is InChI=1S/C16H10FNO4/c17-11-5-6-13-12(7-11)14(19)15(20)18(13)8-9-1-3-10(4-2-9)16(21)22/h1-7H,8H2,(H,21,22). The van der Waals surface area contributed by atoms with Gasteiger partial charge in [-0.25, -0.2) is 9.18 Å². The van der Waals surface area contributed by atoms with Crippen molar-refractivity contribution in [3.63, 3.8) is 0 Å². The van der Waals surface area contributed by atoms with Crippen LogP contribution in [0.5, 0.6) is 0 Å². The van der Waals surface area contributed by atoms with Crippen molar-refractivity contribution in [2.24, 2.45) is 0 Å². The second-order valence-corrected chi connectivity index (χ2v) is 4.88. The van der Waals surface area contributed by atoms with Crippen molar-refractivity contribution in [3.8, 4) is 0 Å². The molecule has 2 aromatic rings. The van der Waals surface area contributed by atoms with Gasteiger partial charge in [-0.2, -0.15) is 0 Å². The summed E-state index contributed by atoms with van der Waals surface area (Å²) in [6, 6.07) is 9.61. The van der Waals surface area contributed by atoms with Gasteiger partial charge in [0.1, 0.15) is 5.82 Å². The number of carboxylic acids is 1. The van der Waals surface area contributed by atoms with Gasteiger partial charge in [-0.1, -0.05) is 12.1 Å². The van der Waals surface area contributed by atoms with Crippen molar-refractivity contribution < 1.29 is 23.9 Å². The topological polar surface area (TPSA) is 74.7 Å². The fourth-order valence-electron chi connectivity index (χ4n) is 2.36.